The minimum Gasteiger partial charge on any atom is -0.361 e. The molecule has 1 saturated carbocycles. The van der Waals surface area contributed by atoms with Crippen LogP contribution in [-0.2, 0) is 4.79 Å². The van der Waals surface area contributed by atoms with Gasteiger partial charge in [-0.05, 0) is 41.5 Å². The summed E-state index contributed by atoms with van der Waals surface area (Å²) in [6, 6.07) is 9.93. The summed E-state index contributed by atoms with van der Waals surface area (Å²) < 4.78 is 50.0. The summed E-state index contributed by atoms with van der Waals surface area (Å²) in [5.41, 5.74) is 2.86. The second-order valence-corrected chi connectivity index (χ2v) is 5.66. The highest BCUT2D eigenvalue weighted by Gasteiger charge is 2.41. The quantitative estimate of drug-likeness (QED) is 0.296. The third kappa shape index (κ3) is 7.51. The number of carbonyl (C=O) groups excluding carboxylic acids is 1. The molecule has 1 aromatic heterocycles. The summed E-state index contributed by atoms with van der Waals surface area (Å²) in [6.07, 6.45) is -1.70. The molecule has 1 fully saturated rings. The van der Waals surface area contributed by atoms with Crippen LogP contribution in [0.25, 0.3) is 0 Å². The van der Waals surface area contributed by atoms with Crippen LogP contribution in [0, 0.1) is 5.82 Å². The van der Waals surface area contributed by atoms with Gasteiger partial charge in [-0.1, -0.05) is 38.1 Å². The summed E-state index contributed by atoms with van der Waals surface area (Å²) in [7, 11) is 0. The summed E-state index contributed by atoms with van der Waals surface area (Å²) in [6.45, 7) is 2.89. The lowest BCUT2D eigenvalue weighted by Crippen LogP contribution is -2.21. The number of nitrogens with one attached hydrogen (secondary N) is 2. The van der Waals surface area contributed by atoms with Crippen LogP contribution < -0.4 is 10.8 Å². The van der Waals surface area contributed by atoms with Gasteiger partial charge in [0.25, 0.3) is 0 Å². The fourth-order valence-corrected chi connectivity index (χ4v) is 2.60. The maximum Gasteiger partial charge on any atom is 0.405 e. The number of alkyl halides is 3. The maximum absolute atomic E-state index is 13.7. The van der Waals surface area contributed by atoms with Crippen molar-refractivity contribution in [2.75, 3.05) is 11.9 Å². The van der Waals surface area contributed by atoms with Crippen molar-refractivity contribution in [3.8, 4) is 0 Å². The average molecular weight is 401 g/mol. The van der Waals surface area contributed by atoms with Gasteiger partial charge in [-0.15, -0.1) is 0 Å². The van der Waals surface area contributed by atoms with Crippen LogP contribution in [0.1, 0.15) is 43.2 Å². The number of amides is 1. The van der Waals surface area contributed by atoms with E-state index in [0.717, 1.165) is 12.0 Å². The van der Waals surface area contributed by atoms with Gasteiger partial charge in [-0.25, -0.2) is 14.9 Å². The first-order valence-corrected chi connectivity index (χ1v) is 8.70. The largest absolute Gasteiger partial charge is 0.405 e. The number of anilines is 1. The van der Waals surface area contributed by atoms with E-state index in [-0.39, 0.29) is 29.9 Å². The third-order valence-electron chi connectivity index (χ3n) is 3.83. The molecular formula is C19H23F4N3O2. The zero-order valence-electron chi connectivity index (χ0n) is 15.5. The Morgan fingerprint density at radius 3 is 2.32 bits per heavy atom. The smallest absolute Gasteiger partial charge is 0.361 e. The number of aromatic nitrogens is 1. The monoisotopic (exact) mass is 401 g/mol. The molecule has 0 aliphatic heterocycles. The van der Waals surface area contributed by atoms with Crippen molar-refractivity contribution in [3.05, 3.63) is 59.5 Å². The molecule has 154 valence electrons. The standard InChI is InChI=1S/C16H14F4N2.C2H6.CH3NO2/c17-14-4-2-1-3-11(14)13-7-12(13)10-5-6-15(21-8-10)22-9-16(18,19)20;1-2;3-1-2-4/h1-6,8,12-13H,7,9H2,(H,21,22);1-2H3;1,4H,(H,2,3)/t12?,13-;;/m1../s1. The Morgan fingerprint density at radius 2 is 1.82 bits per heavy atom. The van der Waals surface area contributed by atoms with Crippen LogP contribution in [0.15, 0.2) is 42.6 Å². The number of hydrogen-bond donors (Lipinski definition) is 3. The zero-order chi connectivity index (χ0) is 21.2. The first-order valence-electron chi connectivity index (χ1n) is 8.70. The first kappa shape index (κ1) is 23.4. The Morgan fingerprint density at radius 1 is 1.18 bits per heavy atom. The van der Waals surface area contributed by atoms with Gasteiger partial charge in [-0.3, -0.25) is 10.0 Å². The lowest BCUT2D eigenvalue weighted by Gasteiger charge is -2.09. The van der Waals surface area contributed by atoms with Gasteiger partial charge in [0.2, 0.25) is 6.41 Å². The minimum atomic E-state index is -4.27. The molecular weight excluding hydrogens is 378 g/mol. The highest BCUT2D eigenvalue weighted by Crippen LogP contribution is 2.55. The van der Waals surface area contributed by atoms with Crippen LogP contribution in [-0.4, -0.2) is 29.3 Å². The number of hydrogen-bond acceptors (Lipinski definition) is 4. The topological polar surface area (TPSA) is 74.2 Å². The first-order chi connectivity index (χ1) is 13.4. The predicted molar refractivity (Wildman–Crippen MR) is 97.6 cm³/mol. The molecule has 2 atom stereocenters. The summed E-state index contributed by atoms with van der Waals surface area (Å²) in [5.74, 6) is 0.272. The van der Waals surface area contributed by atoms with E-state index >= 15 is 0 Å². The van der Waals surface area contributed by atoms with Crippen LogP contribution >= 0.6 is 0 Å². The number of halogens is 4. The second-order valence-electron chi connectivity index (χ2n) is 5.66. The molecule has 1 aliphatic rings. The van der Waals surface area contributed by atoms with Crippen molar-refractivity contribution in [1.29, 1.82) is 0 Å². The van der Waals surface area contributed by atoms with Crippen LogP contribution in [0.2, 0.25) is 0 Å². The van der Waals surface area contributed by atoms with E-state index in [4.69, 9.17) is 10.0 Å². The van der Waals surface area contributed by atoms with Crippen LogP contribution in [0.3, 0.4) is 0 Å². The Kier molecular flexibility index (Phi) is 9.37. The van der Waals surface area contributed by atoms with Gasteiger partial charge in [0, 0.05) is 6.20 Å². The molecule has 0 radical (unpaired) electrons. The number of rotatable bonds is 5. The van der Waals surface area contributed by atoms with Crippen LogP contribution in [0.4, 0.5) is 23.4 Å². The number of nitrogens with zero attached hydrogens (tertiary/aromatic N) is 1. The number of carbonyl (C=O) groups is 1. The Balaban J connectivity index is 0.000000583. The Labute approximate surface area is 160 Å². The fourth-order valence-electron chi connectivity index (χ4n) is 2.60. The third-order valence-corrected chi connectivity index (χ3v) is 3.83. The molecule has 0 spiro atoms. The van der Waals surface area contributed by atoms with Crippen LogP contribution in [0.5, 0.6) is 0 Å². The Hall–Kier alpha value is -2.68. The van der Waals surface area contributed by atoms with E-state index in [1.165, 1.54) is 17.6 Å². The van der Waals surface area contributed by atoms with E-state index in [9.17, 15) is 17.6 Å². The van der Waals surface area contributed by atoms with E-state index in [1.54, 1.807) is 30.5 Å². The van der Waals surface area contributed by atoms with E-state index in [0.29, 0.717) is 5.56 Å². The molecule has 2 aromatic rings. The van der Waals surface area contributed by atoms with Crippen molar-refractivity contribution in [2.24, 2.45) is 0 Å². The highest BCUT2D eigenvalue weighted by atomic mass is 19.4. The molecule has 28 heavy (non-hydrogen) atoms. The fraction of sp³-hybridized carbons (Fsp3) is 0.368. The summed E-state index contributed by atoms with van der Waals surface area (Å²) >= 11 is 0. The summed E-state index contributed by atoms with van der Waals surface area (Å²) in [4.78, 5) is 12.8. The van der Waals surface area contributed by atoms with Crippen molar-refractivity contribution < 1.29 is 27.6 Å². The van der Waals surface area contributed by atoms with Gasteiger partial charge in [0.15, 0.2) is 0 Å². The van der Waals surface area contributed by atoms with E-state index < -0.39 is 12.7 Å². The average Bonchev–Trinajstić information content (AvgIpc) is 3.49. The summed E-state index contributed by atoms with van der Waals surface area (Å²) in [5, 5.41) is 9.48. The molecule has 0 bridgehead atoms. The second kappa shape index (κ2) is 11.2. The number of benzene rings is 1. The molecule has 1 aromatic carbocycles. The SMILES string of the molecule is CC.Fc1ccccc1[C@H]1CC1c1ccc(NCC(F)(F)F)nc1.O=CNO. The molecule has 1 unspecified atom stereocenters. The Bertz CT molecular complexity index is 724. The molecule has 1 amide bonds. The molecule has 1 heterocycles. The highest BCUT2D eigenvalue weighted by molar-refractivity contribution is 5.43. The predicted octanol–water partition coefficient (Wildman–Crippen LogP) is 4.61. The molecule has 1 aliphatic carbocycles. The molecule has 9 heteroatoms. The van der Waals surface area contributed by atoms with E-state index in [1.807, 2.05) is 13.8 Å². The van der Waals surface area contributed by atoms with Gasteiger partial charge < -0.3 is 5.32 Å². The lowest BCUT2D eigenvalue weighted by molar-refractivity contribution is -0.116. The molecule has 3 rings (SSSR count). The normalized spacial score (nSPS) is 17.2. The van der Waals surface area contributed by atoms with E-state index in [2.05, 4.69) is 10.3 Å². The number of pyridine rings is 1. The van der Waals surface area contributed by atoms with Crippen molar-refractivity contribution in [2.45, 2.75) is 38.3 Å². The van der Waals surface area contributed by atoms with Crippen molar-refractivity contribution >= 4 is 12.2 Å². The molecule has 5 nitrogen and oxygen atoms in total. The van der Waals surface area contributed by atoms with Gasteiger partial charge >= 0.3 is 6.18 Å². The van der Waals surface area contributed by atoms with Gasteiger partial charge in [0.1, 0.15) is 18.2 Å². The van der Waals surface area contributed by atoms with Gasteiger partial charge in [0.05, 0.1) is 0 Å². The van der Waals surface area contributed by atoms with Crippen molar-refractivity contribution in [1.82, 2.24) is 10.5 Å². The number of hydroxylamine groups is 1. The molecule has 0 saturated heterocycles. The zero-order valence-corrected chi connectivity index (χ0v) is 15.5. The minimum absolute atomic E-state index is 0.122. The maximum atomic E-state index is 13.7. The lowest BCUT2D eigenvalue weighted by atomic mass is 10.1. The molecule has 3 N–H and O–H groups in total. The van der Waals surface area contributed by atoms with Crippen molar-refractivity contribution in [3.63, 3.8) is 0 Å². The van der Waals surface area contributed by atoms with Gasteiger partial charge in [-0.2, -0.15) is 13.2 Å².